The highest BCUT2D eigenvalue weighted by Gasteiger charge is 2.22. The molecule has 0 bridgehead atoms. The molecule has 0 fully saturated rings. The Bertz CT molecular complexity index is 180. The molecule has 12 heavy (non-hydrogen) atoms. The van der Waals surface area contributed by atoms with E-state index in [2.05, 4.69) is 0 Å². The van der Waals surface area contributed by atoms with Crippen LogP contribution in [0, 0.1) is 5.41 Å². The standard InChI is InChI=1S/C10H18O2/c1-8(11)6-5-7-10(3,4)9(2)12/h5-7H2,1-4H3. The van der Waals surface area contributed by atoms with Crippen molar-refractivity contribution in [3.8, 4) is 0 Å². The molecule has 70 valence electrons. The van der Waals surface area contributed by atoms with Crippen LogP contribution in [0.1, 0.15) is 47.0 Å². The van der Waals surface area contributed by atoms with Crippen molar-refractivity contribution in [1.29, 1.82) is 0 Å². The van der Waals surface area contributed by atoms with Crippen molar-refractivity contribution in [2.45, 2.75) is 47.0 Å². The molecule has 0 radical (unpaired) electrons. The zero-order chi connectivity index (χ0) is 9.78. The quantitative estimate of drug-likeness (QED) is 0.634. The number of Topliss-reactive ketones (excluding diaryl/α,β-unsaturated/α-hetero) is 2. The lowest BCUT2D eigenvalue weighted by atomic mass is 9.83. The number of carbonyl (C=O) groups excluding carboxylic acids is 2. The molecule has 2 nitrogen and oxygen atoms in total. The summed E-state index contributed by atoms with van der Waals surface area (Å²) in [6, 6.07) is 0. The Hall–Kier alpha value is -0.660. The highest BCUT2D eigenvalue weighted by Crippen LogP contribution is 2.23. The zero-order valence-corrected chi connectivity index (χ0v) is 8.44. The van der Waals surface area contributed by atoms with Gasteiger partial charge < -0.3 is 4.79 Å². The van der Waals surface area contributed by atoms with Crippen LogP contribution in [0.15, 0.2) is 0 Å². The summed E-state index contributed by atoms with van der Waals surface area (Å²) in [5.41, 5.74) is -0.255. The molecule has 0 rings (SSSR count). The second kappa shape index (κ2) is 4.39. The molecular weight excluding hydrogens is 152 g/mol. The van der Waals surface area contributed by atoms with E-state index in [0.29, 0.717) is 6.42 Å². The maximum Gasteiger partial charge on any atom is 0.135 e. The van der Waals surface area contributed by atoms with Crippen LogP contribution in [-0.4, -0.2) is 11.6 Å². The van der Waals surface area contributed by atoms with Gasteiger partial charge in [-0.05, 0) is 26.7 Å². The highest BCUT2D eigenvalue weighted by atomic mass is 16.1. The third-order valence-electron chi connectivity index (χ3n) is 2.28. The van der Waals surface area contributed by atoms with Crippen molar-refractivity contribution in [2.24, 2.45) is 5.41 Å². The molecule has 0 N–H and O–H groups in total. The van der Waals surface area contributed by atoms with Gasteiger partial charge in [-0.2, -0.15) is 0 Å². The first kappa shape index (κ1) is 11.3. The molecule has 0 aliphatic rings. The number of hydrogen-bond donors (Lipinski definition) is 0. The number of rotatable bonds is 5. The van der Waals surface area contributed by atoms with E-state index >= 15 is 0 Å². The van der Waals surface area contributed by atoms with Gasteiger partial charge in [0, 0.05) is 11.8 Å². The molecule has 2 heteroatoms. The van der Waals surface area contributed by atoms with Gasteiger partial charge >= 0.3 is 0 Å². The van der Waals surface area contributed by atoms with E-state index in [9.17, 15) is 9.59 Å². The maximum absolute atomic E-state index is 11.1. The third-order valence-corrected chi connectivity index (χ3v) is 2.28. The van der Waals surface area contributed by atoms with Gasteiger partial charge in [-0.25, -0.2) is 0 Å². The van der Waals surface area contributed by atoms with Gasteiger partial charge in [0.25, 0.3) is 0 Å². The van der Waals surface area contributed by atoms with Crippen LogP contribution in [-0.2, 0) is 9.59 Å². The summed E-state index contributed by atoms with van der Waals surface area (Å²) >= 11 is 0. The van der Waals surface area contributed by atoms with Crippen molar-refractivity contribution >= 4 is 11.6 Å². The smallest absolute Gasteiger partial charge is 0.135 e. The van der Waals surface area contributed by atoms with E-state index in [-0.39, 0.29) is 17.0 Å². The predicted molar refractivity (Wildman–Crippen MR) is 49.0 cm³/mol. The summed E-state index contributed by atoms with van der Waals surface area (Å²) in [4.78, 5) is 21.7. The van der Waals surface area contributed by atoms with Gasteiger partial charge in [-0.3, -0.25) is 4.79 Å². The first-order valence-corrected chi connectivity index (χ1v) is 4.37. The van der Waals surface area contributed by atoms with Crippen molar-refractivity contribution in [2.75, 3.05) is 0 Å². The van der Waals surface area contributed by atoms with Crippen molar-refractivity contribution in [1.82, 2.24) is 0 Å². The second-order valence-corrected chi connectivity index (χ2v) is 4.00. The summed E-state index contributed by atoms with van der Waals surface area (Å²) in [6.45, 7) is 7.04. The molecule has 0 saturated heterocycles. The molecule has 0 aromatic carbocycles. The van der Waals surface area contributed by atoms with E-state index in [0.717, 1.165) is 12.8 Å². The molecule has 0 heterocycles. The molecular formula is C10H18O2. The van der Waals surface area contributed by atoms with Crippen LogP contribution >= 0.6 is 0 Å². The Kier molecular flexibility index (Phi) is 4.15. The van der Waals surface area contributed by atoms with Crippen LogP contribution in [0.25, 0.3) is 0 Å². The highest BCUT2D eigenvalue weighted by molar-refractivity contribution is 5.81. The second-order valence-electron chi connectivity index (χ2n) is 4.00. The Morgan fingerprint density at radius 3 is 2.00 bits per heavy atom. The van der Waals surface area contributed by atoms with E-state index in [1.807, 2.05) is 13.8 Å². The van der Waals surface area contributed by atoms with Crippen LogP contribution in [0.3, 0.4) is 0 Å². The number of carbonyl (C=O) groups is 2. The van der Waals surface area contributed by atoms with Gasteiger partial charge in [0.2, 0.25) is 0 Å². The van der Waals surface area contributed by atoms with Crippen molar-refractivity contribution in [3.05, 3.63) is 0 Å². The Balaban J connectivity index is 3.76. The fourth-order valence-corrected chi connectivity index (χ4v) is 0.955. The van der Waals surface area contributed by atoms with Gasteiger partial charge in [-0.1, -0.05) is 13.8 Å². The Labute approximate surface area is 74.3 Å². The van der Waals surface area contributed by atoms with Gasteiger partial charge in [0.05, 0.1) is 0 Å². The van der Waals surface area contributed by atoms with Crippen molar-refractivity contribution < 1.29 is 9.59 Å². The molecule has 0 aliphatic heterocycles. The zero-order valence-electron chi connectivity index (χ0n) is 8.44. The van der Waals surface area contributed by atoms with E-state index < -0.39 is 0 Å². The van der Waals surface area contributed by atoms with Crippen molar-refractivity contribution in [3.63, 3.8) is 0 Å². The summed E-state index contributed by atoms with van der Waals surface area (Å²) < 4.78 is 0. The number of hydrogen-bond acceptors (Lipinski definition) is 2. The summed E-state index contributed by atoms with van der Waals surface area (Å²) in [5.74, 6) is 0.403. The lowest BCUT2D eigenvalue weighted by Gasteiger charge is -2.20. The lowest BCUT2D eigenvalue weighted by molar-refractivity contribution is -0.125. The lowest BCUT2D eigenvalue weighted by Crippen LogP contribution is -2.21. The largest absolute Gasteiger partial charge is 0.300 e. The first-order chi connectivity index (χ1) is 5.36. The average Bonchev–Trinajstić information content (AvgIpc) is 1.85. The van der Waals surface area contributed by atoms with Crippen LogP contribution in [0.5, 0.6) is 0 Å². The molecule has 0 atom stereocenters. The van der Waals surface area contributed by atoms with Crippen LogP contribution in [0.4, 0.5) is 0 Å². The Morgan fingerprint density at radius 2 is 1.67 bits per heavy atom. The monoisotopic (exact) mass is 170 g/mol. The van der Waals surface area contributed by atoms with Crippen LogP contribution in [0.2, 0.25) is 0 Å². The molecule has 0 aliphatic carbocycles. The molecule has 0 aromatic rings. The van der Waals surface area contributed by atoms with E-state index in [1.165, 1.54) is 0 Å². The topological polar surface area (TPSA) is 34.1 Å². The van der Waals surface area contributed by atoms with Gasteiger partial charge in [-0.15, -0.1) is 0 Å². The summed E-state index contributed by atoms with van der Waals surface area (Å²) in [5, 5.41) is 0. The molecule has 0 amide bonds. The summed E-state index contributed by atoms with van der Waals surface area (Å²) in [7, 11) is 0. The number of ketones is 2. The van der Waals surface area contributed by atoms with Crippen LogP contribution < -0.4 is 0 Å². The predicted octanol–water partition coefficient (Wildman–Crippen LogP) is 2.36. The minimum absolute atomic E-state index is 0.200. The Morgan fingerprint density at radius 1 is 1.17 bits per heavy atom. The molecule has 0 saturated carbocycles. The minimum Gasteiger partial charge on any atom is -0.300 e. The maximum atomic E-state index is 11.1. The molecule has 0 spiro atoms. The average molecular weight is 170 g/mol. The SMILES string of the molecule is CC(=O)CCCC(C)(C)C(C)=O. The fraction of sp³-hybridized carbons (Fsp3) is 0.800. The third kappa shape index (κ3) is 4.27. The minimum atomic E-state index is -0.255. The summed E-state index contributed by atoms with van der Waals surface area (Å²) in [6.07, 6.45) is 2.22. The van der Waals surface area contributed by atoms with E-state index in [1.54, 1.807) is 13.8 Å². The first-order valence-electron chi connectivity index (χ1n) is 4.37. The molecule has 0 unspecified atom stereocenters. The van der Waals surface area contributed by atoms with Gasteiger partial charge in [0.15, 0.2) is 0 Å². The molecule has 0 aromatic heterocycles. The van der Waals surface area contributed by atoms with E-state index in [4.69, 9.17) is 0 Å². The fourth-order valence-electron chi connectivity index (χ4n) is 0.955. The normalized spacial score (nSPS) is 11.3. The van der Waals surface area contributed by atoms with Gasteiger partial charge in [0.1, 0.15) is 11.6 Å².